The van der Waals surface area contributed by atoms with Gasteiger partial charge < -0.3 is 5.32 Å². The van der Waals surface area contributed by atoms with Crippen LogP contribution in [0.25, 0.3) is 0 Å². The van der Waals surface area contributed by atoms with Gasteiger partial charge in [-0.2, -0.15) is 0 Å². The van der Waals surface area contributed by atoms with Crippen molar-refractivity contribution >= 4 is 22.9 Å². The van der Waals surface area contributed by atoms with Gasteiger partial charge in [-0.3, -0.25) is 9.98 Å². The lowest BCUT2D eigenvalue weighted by molar-refractivity contribution is 1.34. The largest absolute Gasteiger partial charge is 0.340 e. The molecule has 0 aliphatic rings. The third kappa shape index (κ3) is 4.32. The van der Waals surface area contributed by atoms with Crippen molar-refractivity contribution in [1.82, 2.24) is 0 Å². The Hall–Kier alpha value is -3.20. The van der Waals surface area contributed by atoms with Crippen LogP contribution in [0, 0.1) is 13.8 Å². The van der Waals surface area contributed by atoms with Gasteiger partial charge >= 0.3 is 0 Å². The monoisotopic (exact) mass is 355 g/mol. The average molecular weight is 355 g/mol. The van der Waals surface area contributed by atoms with Crippen molar-refractivity contribution < 1.29 is 0 Å². The van der Waals surface area contributed by atoms with Crippen LogP contribution < -0.4 is 5.32 Å². The molecule has 3 aromatic carbocycles. The second kappa shape index (κ2) is 8.45. The topological polar surface area (TPSA) is 36.8 Å². The summed E-state index contributed by atoms with van der Waals surface area (Å²) >= 11 is 0. The molecule has 0 bridgehead atoms. The van der Waals surface area contributed by atoms with Gasteiger partial charge in [-0.1, -0.05) is 54.6 Å². The molecule has 0 aliphatic heterocycles. The molecule has 0 saturated carbocycles. The van der Waals surface area contributed by atoms with Crippen LogP contribution in [-0.2, 0) is 0 Å². The zero-order valence-corrected chi connectivity index (χ0v) is 16.3. The minimum Gasteiger partial charge on any atom is -0.340 e. The number of rotatable bonds is 4. The van der Waals surface area contributed by atoms with E-state index in [2.05, 4.69) is 55.3 Å². The predicted molar refractivity (Wildman–Crippen MR) is 117 cm³/mol. The van der Waals surface area contributed by atoms with Gasteiger partial charge in [0.25, 0.3) is 0 Å². The Balaban J connectivity index is 1.97. The molecule has 0 heterocycles. The molecule has 1 N–H and O–H groups in total. The van der Waals surface area contributed by atoms with Crippen LogP contribution in [0.4, 0.5) is 11.4 Å². The molecule has 0 saturated heterocycles. The molecule has 0 fully saturated rings. The Morgan fingerprint density at radius 2 is 1.44 bits per heavy atom. The number of para-hydroxylation sites is 2. The Labute approximate surface area is 161 Å². The van der Waals surface area contributed by atoms with Crippen LogP contribution in [0.5, 0.6) is 0 Å². The van der Waals surface area contributed by atoms with Gasteiger partial charge in [0.2, 0.25) is 0 Å². The highest BCUT2D eigenvalue weighted by molar-refractivity contribution is 6.11. The number of anilines is 1. The SMILES string of the molecule is CN=C(Nc1ccccc1)c1cccc(C(C)=Nc2ccccc2C)c1C. The van der Waals surface area contributed by atoms with Gasteiger partial charge in [0.15, 0.2) is 0 Å². The maximum atomic E-state index is 4.86. The molecule has 3 heteroatoms. The van der Waals surface area contributed by atoms with Crippen molar-refractivity contribution in [2.45, 2.75) is 20.8 Å². The fourth-order valence-corrected chi connectivity index (χ4v) is 3.12. The number of benzene rings is 3. The summed E-state index contributed by atoms with van der Waals surface area (Å²) in [6.07, 6.45) is 0. The highest BCUT2D eigenvalue weighted by atomic mass is 15.0. The molecule has 0 radical (unpaired) electrons. The Morgan fingerprint density at radius 3 is 2.15 bits per heavy atom. The molecule has 3 nitrogen and oxygen atoms in total. The highest BCUT2D eigenvalue weighted by Crippen LogP contribution is 2.22. The maximum Gasteiger partial charge on any atom is 0.132 e. The van der Waals surface area contributed by atoms with Crippen LogP contribution in [0.1, 0.15) is 29.2 Å². The Kier molecular flexibility index (Phi) is 5.82. The number of nitrogens with zero attached hydrogens (tertiary/aromatic N) is 2. The standard InChI is InChI=1S/C24H25N3/c1-17-11-8-9-16-23(17)26-19(3)21-14-10-15-22(18(21)2)24(25-4)27-20-12-6-5-7-13-20/h5-16H,1-4H3,(H,25,27). The first-order valence-corrected chi connectivity index (χ1v) is 9.10. The molecule has 0 spiro atoms. The van der Waals surface area contributed by atoms with E-state index in [9.17, 15) is 0 Å². The van der Waals surface area contributed by atoms with Crippen LogP contribution in [0.2, 0.25) is 0 Å². The molecule has 0 aliphatic carbocycles. The molecule has 27 heavy (non-hydrogen) atoms. The van der Waals surface area contributed by atoms with Crippen LogP contribution in [-0.4, -0.2) is 18.6 Å². The van der Waals surface area contributed by atoms with E-state index in [0.29, 0.717) is 0 Å². The lowest BCUT2D eigenvalue weighted by Gasteiger charge is -2.15. The van der Waals surface area contributed by atoms with E-state index in [1.165, 1.54) is 5.56 Å². The molecule has 0 aromatic heterocycles. The summed E-state index contributed by atoms with van der Waals surface area (Å²) in [4.78, 5) is 9.33. The second-order valence-corrected chi connectivity index (χ2v) is 6.53. The lowest BCUT2D eigenvalue weighted by Crippen LogP contribution is -2.16. The number of nitrogens with one attached hydrogen (secondary N) is 1. The molecular formula is C24H25N3. The zero-order valence-electron chi connectivity index (χ0n) is 16.3. The van der Waals surface area contributed by atoms with Crippen molar-refractivity contribution in [3.63, 3.8) is 0 Å². The summed E-state index contributed by atoms with van der Waals surface area (Å²) in [5, 5.41) is 3.42. The number of aliphatic imine (C=N–C) groups is 2. The summed E-state index contributed by atoms with van der Waals surface area (Å²) in [6, 6.07) is 24.6. The minimum absolute atomic E-state index is 0.851. The molecule has 0 unspecified atom stereocenters. The van der Waals surface area contributed by atoms with Crippen molar-refractivity contribution in [2.75, 3.05) is 12.4 Å². The van der Waals surface area contributed by atoms with E-state index < -0.39 is 0 Å². The van der Waals surface area contributed by atoms with Gasteiger partial charge in [-0.05, 0) is 55.7 Å². The lowest BCUT2D eigenvalue weighted by atomic mass is 9.98. The van der Waals surface area contributed by atoms with Crippen molar-refractivity contribution in [1.29, 1.82) is 0 Å². The number of aryl methyl sites for hydroxylation is 1. The van der Waals surface area contributed by atoms with Gasteiger partial charge in [0, 0.05) is 24.0 Å². The summed E-state index contributed by atoms with van der Waals surface area (Å²) in [7, 11) is 1.81. The number of amidine groups is 1. The van der Waals surface area contributed by atoms with E-state index in [4.69, 9.17) is 4.99 Å². The molecule has 3 aromatic rings. The first kappa shape index (κ1) is 18.6. The quantitative estimate of drug-likeness (QED) is 0.457. The molecule has 3 rings (SSSR count). The average Bonchev–Trinajstić information content (AvgIpc) is 2.69. The summed E-state index contributed by atoms with van der Waals surface area (Å²) in [6.45, 7) is 6.27. The minimum atomic E-state index is 0.851. The Bertz CT molecular complexity index is 986. The van der Waals surface area contributed by atoms with E-state index in [1.807, 2.05) is 55.6 Å². The molecule has 0 amide bonds. The van der Waals surface area contributed by atoms with E-state index in [-0.39, 0.29) is 0 Å². The normalized spacial score (nSPS) is 12.1. The van der Waals surface area contributed by atoms with Crippen LogP contribution in [0.15, 0.2) is 82.8 Å². The Morgan fingerprint density at radius 1 is 0.778 bits per heavy atom. The first-order valence-electron chi connectivity index (χ1n) is 9.10. The van der Waals surface area contributed by atoms with Crippen molar-refractivity contribution in [2.24, 2.45) is 9.98 Å². The van der Waals surface area contributed by atoms with Gasteiger partial charge in [0.05, 0.1) is 5.69 Å². The summed E-state index contributed by atoms with van der Waals surface area (Å²) in [5.41, 5.74) is 7.58. The fourth-order valence-electron chi connectivity index (χ4n) is 3.12. The van der Waals surface area contributed by atoms with E-state index >= 15 is 0 Å². The molecular weight excluding hydrogens is 330 g/mol. The second-order valence-electron chi connectivity index (χ2n) is 6.53. The van der Waals surface area contributed by atoms with Gasteiger partial charge in [0.1, 0.15) is 5.84 Å². The van der Waals surface area contributed by atoms with Crippen LogP contribution in [0.3, 0.4) is 0 Å². The number of hydrogen-bond acceptors (Lipinski definition) is 2. The fraction of sp³-hybridized carbons (Fsp3) is 0.167. The third-order valence-corrected chi connectivity index (χ3v) is 4.64. The maximum absolute atomic E-state index is 4.86. The predicted octanol–water partition coefficient (Wildman–Crippen LogP) is 5.93. The smallest absolute Gasteiger partial charge is 0.132 e. The van der Waals surface area contributed by atoms with Crippen LogP contribution >= 0.6 is 0 Å². The van der Waals surface area contributed by atoms with E-state index in [0.717, 1.165) is 39.6 Å². The van der Waals surface area contributed by atoms with Crippen molar-refractivity contribution in [3.8, 4) is 0 Å². The molecule has 0 atom stereocenters. The summed E-state index contributed by atoms with van der Waals surface area (Å²) < 4.78 is 0. The zero-order chi connectivity index (χ0) is 19.2. The third-order valence-electron chi connectivity index (χ3n) is 4.64. The number of hydrogen-bond donors (Lipinski definition) is 1. The first-order chi connectivity index (χ1) is 13.1. The van der Waals surface area contributed by atoms with Gasteiger partial charge in [-0.25, -0.2) is 0 Å². The highest BCUT2D eigenvalue weighted by Gasteiger charge is 2.12. The van der Waals surface area contributed by atoms with Crippen molar-refractivity contribution in [3.05, 3.63) is 95.1 Å². The molecule has 136 valence electrons. The summed E-state index contributed by atoms with van der Waals surface area (Å²) in [5.74, 6) is 0.851. The van der Waals surface area contributed by atoms with E-state index in [1.54, 1.807) is 0 Å². The van der Waals surface area contributed by atoms with Gasteiger partial charge in [-0.15, -0.1) is 0 Å².